The van der Waals surface area contributed by atoms with Gasteiger partial charge in [-0.05, 0) is 78.0 Å². The molecule has 1 aliphatic carbocycles. The minimum absolute atomic E-state index is 0.0546. The van der Waals surface area contributed by atoms with Crippen LogP contribution >= 0.6 is 0 Å². The van der Waals surface area contributed by atoms with E-state index in [-0.39, 0.29) is 36.3 Å². The van der Waals surface area contributed by atoms with Gasteiger partial charge in [-0.2, -0.15) is 0 Å². The highest BCUT2D eigenvalue weighted by Crippen LogP contribution is 2.40. The van der Waals surface area contributed by atoms with Crippen molar-refractivity contribution in [3.63, 3.8) is 0 Å². The van der Waals surface area contributed by atoms with Crippen LogP contribution in [-0.2, 0) is 16.0 Å². The number of methoxy groups -OCH3 is 1. The van der Waals surface area contributed by atoms with Crippen LogP contribution in [0.4, 0.5) is 5.69 Å². The fourth-order valence-corrected chi connectivity index (χ4v) is 7.93. The monoisotopic (exact) mass is 622 g/mol. The number of hydrogen-bond acceptors (Lipinski definition) is 8. The predicted molar refractivity (Wildman–Crippen MR) is 174 cm³/mol. The van der Waals surface area contributed by atoms with Crippen molar-refractivity contribution in [3.8, 4) is 11.5 Å². The van der Waals surface area contributed by atoms with Gasteiger partial charge in [0.25, 0.3) is 11.5 Å². The Morgan fingerprint density at radius 1 is 1.04 bits per heavy atom. The topological polar surface area (TPSA) is 105 Å². The van der Waals surface area contributed by atoms with Crippen LogP contribution in [-0.4, -0.2) is 85.1 Å². The molecule has 10 heteroatoms. The molecular weight excluding hydrogens is 572 g/mol. The Balaban J connectivity index is 1.24. The van der Waals surface area contributed by atoms with Crippen LogP contribution in [0, 0.1) is 13.8 Å². The number of benzene rings is 1. The summed E-state index contributed by atoms with van der Waals surface area (Å²) in [7, 11) is 1.53. The minimum Gasteiger partial charge on any atom is -0.496 e. The molecule has 4 aliphatic rings. The molecule has 2 bridgehead atoms. The maximum Gasteiger partial charge on any atom is 0.256 e. The zero-order chi connectivity index (χ0) is 31.8. The zero-order valence-electron chi connectivity index (χ0n) is 27.7. The van der Waals surface area contributed by atoms with E-state index in [1.807, 2.05) is 13.0 Å². The van der Waals surface area contributed by atoms with E-state index in [2.05, 4.69) is 46.9 Å². The second-order valence-electron chi connectivity index (χ2n) is 13.6. The number of anilines is 1. The number of aromatic nitrogens is 1. The van der Waals surface area contributed by atoms with Crippen molar-refractivity contribution in [1.82, 2.24) is 15.2 Å². The number of H-pyrrole nitrogens is 1. The SMILES string of the molecule is CCN(c1cc(OC2CC(N3CC(C)OC(C)C3)C2)cc(C(=O)NCc2c(OC)cc(C)[nH]c2=O)c1C)C1CC2CCC(C1)O2. The molecule has 4 heterocycles. The van der Waals surface area contributed by atoms with Crippen molar-refractivity contribution < 1.29 is 23.7 Å². The molecule has 1 aromatic carbocycles. The van der Waals surface area contributed by atoms with Crippen LogP contribution < -0.4 is 25.2 Å². The molecule has 0 radical (unpaired) electrons. The zero-order valence-corrected chi connectivity index (χ0v) is 27.7. The smallest absolute Gasteiger partial charge is 0.256 e. The molecule has 4 fully saturated rings. The Hall–Kier alpha value is -3.08. The van der Waals surface area contributed by atoms with Gasteiger partial charge >= 0.3 is 0 Å². The number of carbonyl (C=O) groups excluding carboxylic acids is 1. The molecule has 3 saturated heterocycles. The van der Waals surface area contributed by atoms with Crippen molar-refractivity contribution in [2.75, 3.05) is 31.6 Å². The molecule has 6 rings (SSSR count). The molecule has 4 unspecified atom stereocenters. The minimum atomic E-state index is -0.267. The van der Waals surface area contributed by atoms with Crippen LogP contribution in [0.5, 0.6) is 11.5 Å². The molecule has 10 nitrogen and oxygen atoms in total. The summed E-state index contributed by atoms with van der Waals surface area (Å²) in [6, 6.07) is 6.61. The Bertz CT molecular complexity index is 1420. The largest absolute Gasteiger partial charge is 0.496 e. The van der Waals surface area contributed by atoms with Gasteiger partial charge in [0.15, 0.2) is 0 Å². The lowest BCUT2D eigenvalue weighted by Crippen LogP contribution is -2.56. The normalized spacial score (nSPS) is 29.6. The summed E-state index contributed by atoms with van der Waals surface area (Å²) in [5.41, 5.74) is 3.33. The van der Waals surface area contributed by atoms with Crippen LogP contribution in [0.25, 0.3) is 0 Å². The van der Waals surface area contributed by atoms with E-state index in [0.717, 1.165) is 69.4 Å². The quantitative estimate of drug-likeness (QED) is 0.400. The number of fused-ring (bicyclic) bond motifs is 2. The number of aromatic amines is 1. The fraction of sp³-hybridized carbons (Fsp3) is 0.657. The lowest BCUT2D eigenvalue weighted by molar-refractivity contribution is -0.103. The second kappa shape index (κ2) is 13.3. The number of ether oxygens (including phenoxy) is 4. The van der Waals surface area contributed by atoms with Gasteiger partial charge in [-0.15, -0.1) is 0 Å². The molecule has 2 N–H and O–H groups in total. The number of nitrogens with one attached hydrogen (secondary N) is 2. The fourth-order valence-electron chi connectivity index (χ4n) is 7.93. The first-order valence-corrected chi connectivity index (χ1v) is 16.8. The number of hydrogen-bond donors (Lipinski definition) is 2. The van der Waals surface area contributed by atoms with Gasteiger partial charge in [-0.1, -0.05) is 0 Å². The highest BCUT2D eigenvalue weighted by Gasteiger charge is 2.40. The molecule has 3 aliphatic heterocycles. The predicted octanol–water partition coefficient (Wildman–Crippen LogP) is 4.49. The lowest BCUT2D eigenvalue weighted by atomic mass is 9.87. The van der Waals surface area contributed by atoms with E-state index in [4.69, 9.17) is 18.9 Å². The Labute approximate surface area is 266 Å². The van der Waals surface area contributed by atoms with Crippen molar-refractivity contribution in [2.45, 2.75) is 122 Å². The van der Waals surface area contributed by atoms with Crippen LogP contribution in [0.1, 0.15) is 86.5 Å². The highest BCUT2D eigenvalue weighted by atomic mass is 16.5. The van der Waals surface area contributed by atoms with Crippen molar-refractivity contribution in [2.24, 2.45) is 0 Å². The van der Waals surface area contributed by atoms with Gasteiger partial charge in [-0.3, -0.25) is 14.5 Å². The van der Waals surface area contributed by atoms with E-state index < -0.39 is 0 Å². The Morgan fingerprint density at radius 2 is 1.73 bits per heavy atom. The summed E-state index contributed by atoms with van der Waals surface area (Å²) in [5, 5.41) is 2.99. The van der Waals surface area contributed by atoms with Gasteiger partial charge < -0.3 is 34.1 Å². The number of rotatable bonds is 10. The Kier molecular flexibility index (Phi) is 9.45. The molecule has 1 aromatic heterocycles. The maximum atomic E-state index is 13.8. The first-order valence-electron chi connectivity index (χ1n) is 16.8. The molecule has 0 spiro atoms. The highest BCUT2D eigenvalue weighted by molar-refractivity contribution is 5.97. The third kappa shape index (κ3) is 6.88. The number of morpholine rings is 1. The van der Waals surface area contributed by atoms with Gasteiger partial charge in [0.05, 0.1) is 43.6 Å². The summed E-state index contributed by atoms with van der Waals surface area (Å²) in [6.07, 6.45) is 7.35. The van der Waals surface area contributed by atoms with Crippen LogP contribution in [0.2, 0.25) is 0 Å². The van der Waals surface area contributed by atoms with E-state index in [1.54, 1.807) is 13.0 Å². The lowest BCUT2D eigenvalue weighted by Gasteiger charge is -2.47. The maximum absolute atomic E-state index is 13.8. The van der Waals surface area contributed by atoms with Crippen LogP contribution in [0.3, 0.4) is 0 Å². The average Bonchev–Trinajstić information content (AvgIpc) is 3.31. The third-order valence-corrected chi connectivity index (χ3v) is 10.2. The van der Waals surface area contributed by atoms with E-state index >= 15 is 0 Å². The number of nitrogens with zero attached hydrogens (tertiary/aromatic N) is 2. The molecular formula is C35H50N4O6. The molecule has 246 valence electrons. The number of aryl methyl sites for hydroxylation is 1. The summed E-state index contributed by atoms with van der Waals surface area (Å²) in [4.78, 5) is 34.3. The number of amides is 1. The number of pyridine rings is 1. The average molecular weight is 623 g/mol. The van der Waals surface area contributed by atoms with E-state index in [9.17, 15) is 9.59 Å². The summed E-state index contributed by atoms with van der Waals surface area (Å²) in [5.74, 6) is 0.931. The van der Waals surface area contributed by atoms with Crippen molar-refractivity contribution in [3.05, 3.63) is 50.9 Å². The molecule has 1 amide bonds. The standard InChI is InChI=1S/C35H50N4O6/c1-7-39(25-13-26-8-9-27(14-25)44-26)32-16-29(45-28-11-24(12-28)38-18-21(3)43-22(4)19-38)15-30(23(32)5)34(40)36-17-31-33(42-6)10-20(2)37-35(31)41/h10,15-16,21-22,24-28H,7-9,11-14,17-19H2,1-6H3,(H,36,40)(H,37,41). The van der Waals surface area contributed by atoms with Crippen LogP contribution in [0.15, 0.2) is 23.0 Å². The summed E-state index contributed by atoms with van der Waals surface area (Å²) < 4.78 is 24.2. The van der Waals surface area contributed by atoms with Gasteiger partial charge in [-0.25, -0.2) is 0 Å². The van der Waals surface area contributed by atoms with Crippen molar-refractivity contribution >= 4 is 11.6 Å². The Morgan fingerprint density at radius 3 is 2.38 bits per heavy atom. The second-order valence-corrected chi connectivity index (χ2v) is 13.6. The summed E-state index contributed by atoms with van der Waals surface area (Å²) >= 11 is 0. The first kappa shape index (κ1) is 31.9. The van der Waals surface area contributed by atoms with E-state index in [1.165, 1.54) is 7.11 Å². The molecule has 45 heavy (non-hydrogen) atoms. The van der Waals surface area contributed by atoms with Crippen molar-refractivity contribution in [1.29, 1.82) is 0 Å². The van der Waals surface area contributed by atoms with Gasteiger partial charge in [0, 0.05) is 67.6 Å². The third-order valence-electron chi connectivity index (χ3n) is 10.2. The van der Waals surface area contributed by atoms with Gasteiger partial charge in [0.2, 0.25) is 0 Å². The first-order chi connectivity index (χ1) is 21.6. The number of carbonyl (C=O) groups is 1. The van der Waals surface area contributed by atoms with Gasteiger partial charge in [0.1, 0.15) is 17.6 Å². The molecule has 4 atom stereocenters. The molecule has 2 aromatic rings. The van der Waals surface area contributed by atoms with E-state index in [0.29, 0.717) is 52.6 Å². The summed E-state index contributed by atoms with van der Waals surface area (Å²) in [6.45, 7) is 13.1. The molecule has 1 saturated carbocycles.